The Kier molecular flexibility index (Phi) is 4.45. The summed E-state index contributed by atoms with van der Waals surface area (Å²) in [6.07, 6.45) is 1.11. The minimum Gasteiger partial charge on any atom is -0.398 e. The van der Waals surface area contributed by atoms with Crippen LogP contribution < -0.4 is 11.1 Å². The average molecular weight is 315 g/mol. The molecule has 1 unspecified atom stereocenters. The molecule has 1 aromatic carbocycles. The maximum absolute atomic E-state index is 12.2. The SMILES string of the molecule is CC(CNC(=O)c1ccccc1N)N1CCc2sccc2C1. The van der Waals surface area contributed by atoms with E-state index in [9.17, 15) is 4.79 Å². The highest BCUT2D eigenvalue weighted by molar-refractivity contribution is 7.10. The van der Waals surface area contributed by atoms with E-state index in [-0.39, 0.29) is 5.91 Å². The molecule has 0 fully saturated rings. The highest BCUT2D eigenvalue weighted by atomic mass is 32.1. The third kappa shape index (κ3) is 3.15. The summed E-state index contributed by atoms with van der Waals surface area (Å²) in [5.41, 5.74) is 8.35. The largest absolute Gasteiger partial charge is 0.398 e. The molecule has 5 heteroatoms. The lowest BCUT2D eigenvalue weighted by Crippen LogP contribution is -2.44. The summed E-state index contributed by atoms with van der Waals surface area (Å²) in [5.74, 6) is -0.0989. The van der Waals surface area contributed by atoms with Crippen LogP contribution in [0.4, 0.5) is 5.69 Å². The molecule has 116 valence electrons. The quantitative estimate of drug-likeness (QED) is 0.852. The molecule has 4 nitrogen and oxygen atoms in total. The Morgan fingerprint density at radius 1 is 1.41 bits per heavy atom. The van der Waals surface area contributed by atoms with Gasteiger partial charge in [0.15, 0.2) is 0 Å². The van der Waals surface area contributed by atoms with Gasteiger partial charge in [-0.25, -0.2) is 0 Å². The van der Waals surface area contributed by atoms with Crippen LogP contribution in [0.1, 0.15) is 27.7 Å². The number of carbonyl (C=O) groups excluding carboxylic acids is 1. The van der Waals surface area contributed by atoms with Crippen LogP contribution in [0.25, 0.3) is 0 Å². The first-order chi connectivity index (χ1) is 10.6. The summed E-state index contributed by atoms with van der Waals surface area (Å²) in [7, 11) is 0. The summed E-state index contributed by atoms with van der Waals surface area (Å²) in [5, 5.41) is 5.16. The number of hydrogen-bond acceptors (Lipinski definition) is 4. The van der Waals surface area contributed by atoms with Crippen molar-refractivity contribution in [3.05, 3.63) is 51.7 Å². The maximum Gasteiger partial charge on any atom is 0.253 e. The fourth-order valence-corrected chi connectivity index (χ4v) is 3.70. The van der Waals surface area contributed by atoms with Gasteiger partial charge in [0.25, 0.3) is 5.91 Å². The van der Waals surface area contributed by atoms with E-state index in [1.54, 1.807) is 12.1 Å². The smallest absolute Gasteiger partial charge is 0.253 e. The molecule has 0 bridgehead atoms. The molecule has 1 aliphatic rings. The van der Waals surface area contributed by atoms with E-state index in [1.807, 2.05) is 23.5 Å². The van der Waals surface area contributed by atoms with Crippen LogP contribution in [-0.2, 0) is 13.0 Å². The van der Waals surface area contributed by atoms with Crippen molar-refractivity contribution in [2.75, 3.05) is 18.8 Å². The monoisotopic (exact) mass is 315 g/mol. The molecule has 3 rings (SSSR count). The lowest BCUT2D eigenvalue weighted by atomic mass is 10.1. The summed E-state index contributed by atoms with van der Waals surface area (Å²) < 4.78 is 0. The van der Waals surface area contributed by atoms with Gasteiger partial charge in [-0.3, -0.25) is 9.69 Å². The number of anilines is 1. The van der Waals surface area contributed by atoms with Gasteiger partial charge in [-0.2, -0.15) is 0 Å². The van der Waals surface area contributed by atoms with Crippen molar-refractivity contribution in [2.45, 2.75) is 25.9 Å². The van der Waals surface area contributed by atoms with E-state index >= 15 is 0 Å². The molecule has 2 heterocycles. The Labute approximate surface area is 134 Å². The van der Waals surface area contributed by atoms with Gasteiger partial charge in [0.2, 0.25) is 0 Å². The number of nitrogens with one attached hydrogen (secondary N) is 1. The molecule has 1 aliphatic heterocycles. The minimum absolute atomic E-state index is 0.0989. The zero-order valence-electron chi connectivity index (χ0n) is 12.7. The lowest BCUT2D eigenvalue weighted by molar-refractivity contribution is 0.0933. The summed E-state index contributed by atoms with van der Waals surface area (Å²) in [6, 6.07) is 9.69. The first-order valence-corrected chi connectivity index (χ1v) is 8.45. The molecule has 1 aromatic heterocycles. The van der Waals surface area contributed by atoms with E-state index in [0.717, 1.165) is 19.5 Å². The average Bonchev–Trinajstić information content (AvgIpc) is 3.00. The number of fused-ring (bicyclic) bond motifs is 1. The third-order valence-electron chi connectivity index (χ3n) is 4.22. The number of nitrogen functional groups attached to an aromatic ring is 1. The fourth-order valence-electron chi connectivity index (χ4n) is 2.82. The van der Waals surface area contributed by atoms with Crippen LogP contribution in [0.15, 0.2) is 35.7 Å². The van der Waals surface area contributed by atoms with Gasteiger partial charge in [-0.15, -0.1) is 11.3 Å². The Bertz CT molecular complexity index is 667. The lowest BCUT2D eigenvalue weighted by Gasteiger charge is -2.32. The standard InChI is InChI=1S/C17H21N3OS/c1-12(20-8-6-16-13(11-20)7-9-22-16)10-19-17(21)14-4-2-3-5-15(14)18/h2-5,7,9,12H,6,8,10-11,18H2,1H3,(H,19,21). The highest BCUT2D eigenvalue weighted by Crippen LogP contribution is 2.25. The Balaban J connectivity index is 1.56. The van der Waals surface area contributed by atoms with Crippen LogP contribution in [-0.4, -0.2) is 29.9 Å². The van der Waals surface area contributed by atoms with Crippen LogP contribution >= 0.6 is 11.3 Å². The zero-order valence-corrected chi connectivity index (χ0v) is 13.5. The van der Waals surface area contributed by atoms with Crippen molar-refractivity contribution in [3.63, 3.8) is 0 Å². The molecule has 1 atom stereocenters. The molecular formula is C17H21N3OS. The summed E-state index contributed by atoms with van der Waals surface area (Å²) in [4.78, 5) is 16.1. The van der Waals surface area contributed by atoms with Crippen LogP contribution in [0.3, 0.4) is 0 Å². The molecule has 0 radical (unpaired) electrons. The molecular weight excluding hydrogens is 294 g/mol. The fraction of sp³-hybridized carbons (Fsp3) is 0.353. The molecule has 0 saturated carbocycles. The van der Waals surface area contributed by atoms with E-state index in [4.69, 9.17) is 5.73 Å². The molecule has 2 aromatic rings. The first kappa shape index (κ1) is 15.1. The summed E-state index contributed by atoms with van der Waals surface area (Å²) in [6.45, 7) is 4.82. The van der Waals surface area contributed by atoms with Gasteiger partial charge < -0.3 is 11.1 Å². The maximum atomic E-state index is 12.2. The first-order valence-electron chi connectivity index (χ1n) is 7.57. The number of nitrogens with two attached hydrogens (primary N) is 1. The van der Waals surface area contributed by atoms with Crippen molar-refractivity contribution in [1.29, 1.82) is 0 Å². The normalized spacial score (nSPS) is 16.0. The van der Waals surface area contributed by atoms with Gasteiger partial charge in [-0.05, 0) is 42.5 Å². The Hall–Kier alpha value is -1.85. The third-order valence-corrected chi connectivity index (χ3v) is 5.25. The number of hydrogen-bond donors (Lipinski definition) is 2. The topological polar surface area (TPSA) is 58.4 Å². The second kappa shape index (κ2) is 6.50. The minimum atomic E-state index is -0.0989. The van der Waals surface area contributed by atoms with E-state index < -0.39 is 0 Å². The van der Waals surface area contributed by atoms with Crippen LogP contribution in [0.2, 0.25) is 0 Å². The van der Waals surface area contributed by atoms with Gasteiger partial charge in [0.1, 0.15) is 0 Å². The number of carbonyl (C=O) groups is 1. The van der Waals surface area contributed by atoms with Gasteiger partial charge in [0, 0.05) is 36.2 Å². The van der Waals surface area contributed by atoms with Crippen LogP contribution in [0, 0.1) is 0 Å². The number of benzene rings is 1. The van der Waals surface area contributed by atoms with Gasteiger partial charge in [-0.1, -0.05) is 12.1 Å². The van der Waals surface area contributed by atoms with Crippen molar-refractivity contribution >= 4 is 22.9 Å². The zero-order chi connectivity index (χ0) is 15.5. The molecule has 0 aliphatic carbocycles. The number of nitrogens with zero attached hydrogens (tertiary/aromatic N) is 1. The molecule has 22 heavy (non-hydrogen) atoms. The predicted molar refractivity (Wildman–Crippen MR) is 91.1 cm³/mol. The highest BCUT2D eigenvalue weighted by Gasteiger charge is 2.22. The van der Waals surface area contributed by atoms with E-state index in [1.165, 1.54) is 10.4 Å². The Morgan fingerprint density at radius 2 is 2.23 bits per heavy atom. The Morgan fingerprint density at radius 3 is 3.05 bits per heavy atom. The number of para-hydroxylation sites is 1. The van der Waals surface area contributed by atoms with Gasteiger partial charge >= 0.3 is 0 Å². The molecule has 0 saturated heterocycles. The summed E-state index contributed by atoms with van der Waals surface area (Å²) >= 11 is 1.85. The van der Waals surface area contributed by atoms with Gasteiger partial charge in [0.05, 0.1) is 5.56 Å². The number of amides is 1. The number of thiophene rings is 1. The molecule has 3 N–H and O–H groups in total. The number of rotatable bonds is 4. The van der Waals surface area contributed by atoms with E-state index in [0.29, 0.717) is 23.8 Å². The van der Waals surface area contributed by atoms with E-state index in [2.05, 4.69) is 28.6 Å². The second-order valence-corrected chi connectivity index (χ2v) is 6.74. The van der Waals surface area contributed by atoms with Crippen molar-refractivity contribution < 1.29 is 4.79 Å². The molecule has 0 spiro atoms. The van der Waals surface area contributed by atoms with Crippen LogP contribution in [0.5, 0.6) is 0 Å². The van der Waals surface area contributed by atoms with Crippen molar-refractivity contribution in [1.82, 2.24) is 10.2 Å². The molecule has 1 amide bonds. The second-order valence-electron chi connectivity index (χ2n) is 5.74. The van der Waals surface area contributed by atoms with Crippen molar-refractivity contribution in [2.24, 2.45) is 0 Å². The predicted octanol–water partition coefficient (Wildman–Crippen LogP) is 2.51. The van der Waals surface area contributed by atoms with Crippen molar-refractivity contribution in [3.8, 4) is 0 Å².